The van der Waals surface area contributed by atoms with Gasteiger partial charge in [-0.1, -0.05) is 0 Å². The van der Waals surface area contributed by atoms with Crippen LogP contribution in [0, 0.1) is 29.3 Å². The summed E-state index contributed by atoms with van der Waals surface area (Å²) in [5.41, 5.74) is -1.61. The molecule has 13 heavy (non-hydrogen) atoms. The lowest BCUT2D eigenvalue weighted by molar-refractivity contribution is 0.143. The van der Waals surface area contributed by atoms with Gasteiger partial charge in [-0.05, 0) is 0 Å². The van der Waals surface area contributed by atoms with E-state index in [0.717, 1.165) is 6.07 Å². The van der Waals surface area contributed by atoms with Gasteiger partial charge in [0.1, 0.15) is 0 Å². The average molecular weight is 199 g/mol. The van der Waals surface area contributed by atoms with Crippen LogP contribution in [0.2, 0.25) is 0 Å². The van der Waals surface area contributed by atoms with Gasteiger partial charge in [-0.3, -0.25) is 0 Å². The third-order valence-corrected chi connectivity index (χ3v) is 1.28. The highest BCUT2D eigenvalue weighted by Gasteiger charge is 2.24. The molecule has 0 atom stereocenters. The van der Waals surface area contributed by atoms with Gasteiger partial charge in [-0.25, -0.2) is 26.3 Å². The van der Waals surface area contributed by atoms with Crippen LogP contribution in [-0.4, -0.2) is 0 Å². The minimum absolute atomic E-state index is 1.08. The molecule has 0 amide bonds. The smallest absolute Gasteiger partial charge is 0.205 e. The molecule has 0 aliphatic rings. The predicted octanol–water partition coefficient (Wildman–Crippen LogP) is 2.98. The van der Waals surface area contributed by atoms with Gasteiger partial charge in [0.25, 0.3) is 6.43 Å². The van der Waals surface area contributed by atoms with Crippen molar-refractivity contribution in [3.8, 4) is 0 Å². The summed E-state index contributed by atoms with van der Waals surface area (Å²) in [5.74, 6) is -8.49. The zero-order valence-corrected chi connectivity index (χ0v) is 5.85. The van der Waals surface area contributed by atoms with E-state index in [2.05, 4.69) is 0 Å². The number of rotatable bonds is 1. The Labute approximate surface area is 68.8 Å². The predicted molar refractivity (Wildman–Crippen MR) is 30.1 cm³/mol. The molecule has 0 unspecified atom stereocenters. The van der Waals surface area contributed by atoms with Crippen molar-refractivity contribution in [2.24, 2.45) is 0 Å². The SMILES string of the molecule is Fc1[c]c(C(F)F)c(F)c(F)c1F. The molecule has 1 rings (SSSR count). The van der Waals surface area contributed by atoms with Crippen LogP contribution < -0.4 is 0 Å². The number of hydrogen-bond donors (Lipinski definition) is 0. The Morgan fingerprint density at radius 3 is 1.85 bits per heavy atom. The van der Waals surface area contributed by atoms with E-state index in [1.54, 1.807) is 0 Å². The molecular weight excluding hydrogens is 198 g/mol. The highest BCUT2D eigenvalue weighted by molar-refractivity contribution is 5.21. The summed E-state index contributed by atoms with van der Waals surface area (Å²) in [7, 11) is 0. The zero-order chi connectivity index (χ0) is 10.2. The van der Waals surface area contributed by atoms with E-state index >= 15 is 0 Å². The first-order valence-electron chi connectivity index (χ1n) is 2.98. The normalized spacial score (nSPS) is 11.0. The molecule has 0 saturated carbocycles. The molecule has 0 bridgehead atoms. The van der Waals surface area contributed by atoms with E-state index in [4.69, 9.17) is 0 Å². The van der Waals surface area contributed by atoms with E-state index in [9.17, 15) is 26.3 Å². The lowest BCUT2D eigenvalue weighted by Crippen LogP contribution is -2.02. The summed E-state index contributed by atoms with van der Waals surface area (Å²) < 4.78 is 72.6. The first-order valence-corrected chi connectivity index (χ1v) is 2.98. The highest BCUT2D eigenvalue weighted by Crippen LogP contribution is 2.25. The highest BCUT2D eigenvalue weighted by atomic mass is 19.3. The molecule has 0 aliphatic heterocycles. The molecule has 0 nitrogen and oxygen atoms in total. The largest absolute Gasteiger partial charge is 0.267 e. The number of benzene rings is 1. The summed E-state index contributed by atoms with van der Waals surface area (Å²) in [4.78, 5) is 0. The van der Waals surface area contributed by atoms with Crippen LogP contribution in [0.5, 0.6) is 0 Å². The van der Waals surface area contributed by atoms with E-state index in [1.165, 1.54) is 0 Å². The zero-order valence-electron chi connectivity index (χ0n) is 5.85. The summed E-state index contributed by atoms with van der Waals surface area (Å²) >= 11 is 0. The maximum absolute atomic E-state index is 12.4. The fourth-order valence-corrected chi connectivity index (χ4v) is 0.689. The first kappa shape index (κ1) is 9.88. The van der Waals surface area contributed by atoms with Crippen molar-refractivity contribution in [1.82, 2.24) is 0 Å². The maximum Gasteiger partial charge on any atom is 0.267 e. The Bertz CT molecular complexity index is 332. The molecule has 1 aromatic carbocycles. The van der Waals surface area contributed by atoms with Crippen LogP contribution in [0.3, 0.4) is 0 Å². The quantitative estimate of drug-likeness (QED) is 0.370. The van der Waals surface area contributed by atoms with Crippen LogP contribution in [0.4, 0.5) is 26.3 Å². The molecule has 71 valence electrons. The molecule has 0 spiro atoms. The Morgan fingerprint density at radius 1 is 0.846 bits per heavy atom. The van der Waals surface area contributed by atoms with Gasteiger partial charge in [0.2, 0.25) is 0 Å². The van der Waals surface area contributed by atoms with Crippen LogP contribution in [0.15, 0.2) is 0 Å². The standard InChI is InChI=1S/C7HF6/c8-3-1-2(7(12)13)4(9)6(11)5(3)10/h7H. The summed E-state index contributed by atoms with van der Waals surface area (Å²) in [6.07, 6.45) is -3.44. The molecular formula is C7HF6. The van der Waals surface area contributed by atoms with E-state index in [-0.39, 0.29) is 0 Å². The topological polar surface area (TPSA) is 0 Å². The maximum atomic E-state index is 12.4. The fourth-order valence-electron chi connectivity index (χ4n) is 0.689. The van der Waals surface area contributed by atoms with Gasteiger partial charge in [0.15, 0.2) is 23.3 Å². The van der Waals surface area contributed by atoms with Gasteiger partial charge in [-0.2, -0.15) is 0 Å². The summed E-state index contributed by atoms with van der Waals surface area (Å²) in [5, 5.41) is 0. The van der Waals surface area contributed by atoms with Gasteiger partial charge >= 0.3 is 0 Å². The van der Waals surface area contributed by atoms with E-state index in [0.29, 0.717) is 0 Å². The second-order valence-electron chi connectivity index (χ2n) is 2.10. The third kappa shape index (κ3) is 1.61. The molecule has 6 heteroatoms. The molecule has 1 aromatic rings. The van der Waals surface area contributed by atoms with E-state index < -0.39 is 35.3 Å². The minimum atomic E-state index is -3.44. The van der Waals surface area contributed by atoms with Crippen LogP contribution >= 0.6 is 0 Å². The number of alkyl halides is 2. The lowest BCUT2D eigenvalue weighted by atomic mass is 10.2. The van der Waals surface area contributed by atoms with Crippen molar-refractivity contribution in [3.05, 3.63) is 34.9 Å². The van der Waals surface area contributed by atoms with Gasteiger partial charge in [-0.15, -0.1) is 0 Å². The first-order chi connectivity index (χ1) is 5.95. The molecule has 0 saturated heterocycles. The second-order valence-corrected chi connectivity index (χ2v) is 2.10. The van der Waals surface area contributed by atoms with Crippen molar-refractivity contribution in [1.29, 1.82) is 0 Å². The molecule has 0 aliphatic carbocycles. The van der Waals surface area contributed by atoms with Crippen LogP contribution in [0.1, 0.15) is 12.0 Å². The van der Waals surface area contributed by atoms with Crippen molar-refractivity contribution in [2.75, 3.05) is 0 Å². The van der Waals surface area contributed by atoms with Gasteiger partial charge in [0.05, 0.1) is 5.56 Å². The Morgan fingerprint density at radius 2 is 1.38 bits per heavy atom. The number of halogens is 6. The van der Waals surface area contributed by atoms with Crippen molar-refractivity contribution in [3.63, 3.8) is 0 Å². The molecule has 0 fully saturated rings. The lowest BCUT2D eigenvalue weighted by Gasteiger charge is -2.03. The van der Waals surface area contributed by atoms with Crippen LogP contribution in [0.25, 0.3) is 0 Å². The minimum Gasteiger partial charge on any atom is -0.205 e. The number of hydrogen-bond acceptors (Lipinski definition) is 0. The summed E-state index contributed by atoms with van der Waals surface area (Å²) in [6, 6.07) is 1.08. The van der Waals surface area contributed by atoms with Gasteiger partial charge in [0, 0.05) is 6.07 Å². The van der Waals surface area contributed by atoms with Crippen molar-refractivity contribution in [2.45, 2.75) is 6.43 Å². The monoisotopic (exact) mass is 199 g/mol. The summed E-state index contributed by atoms with van der Waals surface area (Å²) in [6.45, 7) is 0. The Hall–Kier alpha value is -1.20. The molecule has 0 aromatic heterocycles. The van der Waals surface area contributed by atoms with Crippen molar-refractivity contribution < 1.29 is 26.3 Å². The third-order valence-electron chi connectivity index (χ3n) is 1.28. The van der Waals surface area contributed by atoms with Crippen LogP contribution in [-0.2, 0) is 0 Å². The Balaban J connectivity index is 3.41. The molecule has 1 radical (unpaired) electrons. The van der Waals surface area contributed by atoms with Crippen molar-refractivity contribution >= 4 is 0 Å². The average Bonchev–Trinajstić information content (AvgIpc) is 2.07. The Kier molecular flexibility index (Phi) is 2.49. The molecule has 0 N–H and O–H groups in total. The second kappa shape index (κ2) is 3.27. The van der Waals surface area contributed by atoms with Gasteiger partial charge < -0.3 is 0 Å². The van der Waals surface area contributed by atoms with E-state index in [1.807, 2.05) is 0 Å². The fraction of sp³-hybridized carbons (Fsp3) is 0.143. The molecule has 0 heterocycles.